The van der Waals surface area contributed by atoms with Crippen molar-refractivity contribution < 1.29 is 0 Å². The van der Waals surface area contributed by atoms with Crippen molar-refractivity contribution in [3.8, 4) is 6.07 Å². The zero-order chi connectivity index (χ0) is 13.7. The van der Waals surface area contributed by atoms with Crippen LogP contribution in [0.5, 0.6) is 0 Å². The fraction of sp³-hybridized carbons (Fsp3) is 0.588. The molecule has 19 heavy (non-hydrogen) atoms. The first kappa shape index (κ1) is 12.5. The molecule has 0 radical (unpaired) electrons. The summed E-state index contributed by atoms with van der Waals surface area (Å²) in [5.74, 6) is 0.842. The number of benzene rings is 1. The van der Waals surface area contributed by atoms with Gasteiger partial charge in [0, 0.05) is 11.7 Å². The van der Waals surface area contributed by atoms with Gasteiger partial charge in [-0.1, -0.05) is 26.8 Å². The van der Waals surface area contributed by atoms with Crippen molar-refractivity contribution in [3.05, 3.63) is 29.8 Å². The molecule has 0 aliphatic heterocycles. The van der Waals surface area contributed by atoms with E-state index >= 15 is 0 Å². The minimum absolute atomic E-state index is 0.343. The molecule has 0 heterocycles. The highest BCUT2D eigenvalue weighted by Crippen LogP contribution is 2.63. The molecule has 1 unspecified atom stereocenters. The second-order valence-corrected chi connectivity index (χ2v) is 7.19. The third-order valence-corrected chi connectivity index (χ3v) is 5.57. The molecule has 2 aliphatic rings. The van der Waals surface area contributed by atoms with Gasteiger partial charge in [0.1, 0.15) is 0 Å². The fourth-order valence-corrected chi connectivity index (χ4v) is 4.51. The van der Waals surface area contributed by atoms with Gasteiger partial charge in [0.25, 0.3) is 0 Å². The van der Waals surface area contributed by atoms with E-state index < -0.39 is 0 Å². The Balaban J connectivity index is 1.88. The molecule has 2 saturated carbocycles. The minimum Gasteiger partial charge on any atom is -0.381 e. The lowest BCUT2D eigenvalue weighted by Crippen LogP contribution is -2.45. The molecule has 1 aromatic rings. The molecular weight excluding hydrogens is 232 g/mol. The van der Waals surface area contributed by atoms with E-state index in [-0.39, 0.29) is 0 Å². The van der Waals surface area contributed by atoms with Crippen molar-refractivity contribution in [2.45, 2.75) is 46.1 Å². The third kappa shape index (κ3) is 1.84. The SMILES string of the molecule is CC1(C)C(Nc2cccc(C#N)c2)[C@]2(C)CC[C@H]1C2. The normalized spacial score (nSPS) is 35.1. The van der Waals surface area contributed by atoms with Crippen LogP contribution in [0.25, 0.3) is 0 Å². The number of fused-ring (bicyclic) bond motifs is 2. The summed E-state index contributed by atoms with van der Waals surface area (Å²) in [6.07, 6.45) is 4.05. The molecule has 1 aromatic carbocycles. The summed E-state index contributed by atoms with van der Waals surface area (Å²) in [6, 6.07) is 10.6. The minimum atomic E-state index is 0.343. The highest BCUT2D eigenvalue weighted by molar-refractivity contribution is 5.51. The van der Waals surface area contributed by atoms with Gasteiger partial charge in [-0.2, -0.15) is 5.26 Å². The summed E-state index contributed by atoms with van der Waals surface area (Å²) in [6.45, 7) is 7.22. The van der Waals surface area contributed by atoms with Gasteiger partial charge >= 0.3 is 0 Å². The molecule has 2 fully saturated rings. The Morgan fingerprint density at radius 2 is 2.11 bits per heavy atom. The largest absolute Gasteiger partial charge is 0.381 e. The summed E-state index contributed by atoms with van der Waals surface area (Å²) in [5, 5.41) is 12.7. The van der Waals surface area contributed by atoms with Gasteiger partial charge in [-0.3, -0.25) is 0 Å². The summed E-state index contributed by atoms with van der Waals surface area (Å²) in [5.41, 5.74) is 2.58. The summed E-state index contributed by atoms with van der Waals surface area (Å²) < 4.78 is 0. The molecule has 2 bridgehead atoms. The Bertz CT molecular complexity index is 536. The molecule has 0 spiro atoms. The van der Waals surface area contributed by atoms with Crippen LogP contribution in [-0.4, -0.2) is 6.04 Å². The third-order valence-electron chi connectivity index (χ3n) is 5.57. The van der Waals surface area contributed by atoms with Crippen LogP contribution in [0.15, 0.2) is 24.3 Å². The monoisotopic (exact) mass is 254 g/mol. The maximum absolute atomic E-state index is 9.00. The first-order chi connectivity index (χ1) is 8.95. The van der Waals surface area contributed by atoms with Crippen LogP contribution in [0.2, 0.25) is 0 Å². The molecule has 2 heteroatoms. The summed E-state index contributed by atoms with van der Waals surface area (Å²) >= 11 is 0. The average molecular weight is 254 g/mol. The van der Waals surface area contributed by atoms with E-state index in [1.807, 2.05) is 18.2 Å². The second kappa shape index (κ2) is 4.00. The zero-order valence-electron chi connectivity index (χ0n) is 12.0. The molecule has 3 atom stereocenters. The van der Waals surface area contributed by atoms with E-state index in [1.54, 1.807) is 0 Å². The van der Waals surface area contributed by atoms with Crippen LogP contribution in [0, 0.1) is 28.1 Å². The van der Waals surface area contributed by atoms with Crippen LogP contribution in [0.3, 0.4) is 0 Å². The zero-order valence-corrected chi connectivity index (χ0v) is 12.0. The number of nitriles is 1. The second-order valence-electron chi connectivity index (χ2n) is 7.19. The van der Waals surface area contributed by atoms with Crippen molar-refractivity contribution in [2.24, 2.45) is 16.7 Å². The van der Waals surface area contributed by atoms with Gasteiger partial charge in [0.05, 0.1) is 11.6 Å². The summed E-state index contributed by atoms with van der Waals surface area (Å²) in [7, 11) is 0. The van der Waals surface area contributed by atoms with Gasteiger partial charge in [-0.05, 0) is 54.2 Å². The van der Waals surface area contributed by atoms with E-state index in [4.69, 9.17) is 5.26 Å². The van der Waals surface area contributed by atoms with Crippen molar-refractivity contribution >= 4 is 5.69 Å². The highest BCUT2D eigenvalue weighted by Gasteiger charge is 2.59. The smallest absolute Gasteiger partial charge is 0.0992 e. The summed E-state index contributed by atoms with van der Waals surface area (Å²) in [4.78, 5) is 0. The molecule has 0 aromatic heterocycles. The Labute approximate surface area is 115 Å². The molecule has 1 N–H and O–H groups in total. The fourth-order valence-electron chi connectivity index (χ4n) is 4.51. The molecule has 100 valence electrons. The molecule has 0 saturated heterocycles. The van der Waals surface area contributed by atoms with Gasteiger partial charge < -0.3 is 5.32 Å². The molecule has 2 nitrogen and oxygen atoms in total. The van der Waals surface area contributed by atoms with Crippen molar-refractivity contribution in [2.75, 3.05) is 5.32 Å². The lowest BCUT2D eigenvalue weighted by Gasteiger charge is -2.43. The van der Waals surface area contributed by atoms with Crippen LogP contribution < -0.4 is 5.32 Å². The Morgan fingerprint density at radius 1 is 1.32 bits per heavy atom. The van der Waals surface area contributed by atoms with E-state index in [9.17, 15) is 0 Å². The van der Waals surface area contributed by atoms with E-state index in [0.717, 1.165) is 17.2 Å². The van der Waals surface area contributed by atoms with Crippen molar-refractivity contribution in [1.29, 1.82) is 5.26 Å². The van der Waals surface area contributed by atoms with Gasteiger partial charge in [0.15, 0.2) is 0 Å². The maximum Gasteiger partial charge on any atom is 0.0992 e. The molecule has 0 amide bonds. The standard InChI is InChI=1S/C17H22N2/c1-16(2)13-7-8-17(3,10-13)15(16)19-14-6-4-5-12(9-14)11-18/h4-6,9,13,15,19H,7-8,10H2,1-3H3/t13-,15?,17+/m0/s1. The van der Waals surface area contributed by atoms with E-state index in [2.05, 4.69) is 38.2 Å². The van der Waals surface area contributed by atoms with Crippen LogP contribution in [0.4, 0.5) is 5.69 Å². The number of hydrogen-bond donors (Lipinski definition) is 1. The number of rotatable bonds is 2. The predicted octanol–water partition coefficient (Wildman–Crippen LogP) is 4.18. The lowest BCUT2D eigenvalue weighted by atomic mass is 9.68. The quantitative estimate of drug-likeness (QED) is 0.859. The van der Waals surface area contributed by atoms with Crippen molar-refractivity contribution in [1.82, 2.24) is 0 Å². The Hall–Kier alpha value is -1.49. The maximum atomic E-state index is 9.00. The number of hydrogen-bond acceptors (Lipinski definition) is 2. The van der Waals surface area contributed by atoms with Crippen molar-refractivity contribution in [3.63, 3.8) is 0 Å². The lowest BCUT2D eigenvalue weighted by molar-refractivity contribution is 0.155. The molecule has 3 rings (SSSR count). The van der Waals surface area contributed by atoms with E-state index in [0.29, 0.717) is 16.9 Å². The number of nitrogens with one attached hydrogen (secondary N) is 1. The Morgan fingerprint density at radius 3 is 2.74 bits per heavy atom. The topological polar surface area (TPSA) is 35.8 Å². The van der Waals surface area contributed by atoms with Gasteiger partial charge in [0.2, 0.25) is 0 Å². The van der Waals surface area contributed by atoms with Crippen LogP contribution in [0.1, 0.15) is 45.6 Å². The van der Waals surface area contributed by atoms with E-state index in [1.165, 1.54) is 19.3 Å². The number of anilines is 1. The van der Waals surface area contributed by atoms with Gasteiger partial charge in [-0.25, -0.2) is 0 Å². The van der Waals surface area contributed by atoms with Gasteiger partial charge in [-0.15, -0.1) is 0 Å². The Kier molecular flexibility index (Phi) is 2.64. The average Bonchev–Trinajstić information content (AvgIpc) is 2.86. The van der Waals surface area contributed by atoms with Crippen LogP contribution >= 0.6 is 0 Å². The van der Waals surface area contributed by atoms with Crippen LogP contribution in [-0.2, 0) is 0 Å². The number of nitrogens with zero attached hydrogens (tertiary/aromatic N) is 1. The molecular formula is C17H22N2. The molecule has 2 aliphatic carbocycles. The highest BCUT2D eigenvalue weighted by atomic mass is 15.0. The first-order valence-corrected chi connectivity index (χ1v) is 7.22. The first-order valence-electron chi connectivity index (χ1n) is 7.22. The predicted molar refractivity (Wildman–Crippen MR) is 77.8 cm³/mol.